The van der Waals surface area contributed by atoms with Crippen LogP contribution in [0.25, 0.3) is 0 Å². The number of amides is 1. The Labute approximate surface area is 164 Å². The normalized spacial score (nSPS) is 11.0. The first-order chi connectivity index (χ1) is 13.2. The molecule has 0 bridgehead atoms. The quantitative estimate of drug-likeness (QED) is 0.703. The Hall–Kier alpha value is -2.84. The van der Waals surface area contributed by atoms with Gasteiger partial charge in [0.1, 0.15) is 5.82 Å². The molecule has 0 aliphatic heterocycles. The van der Waals surface area contributed by atoms with Gasteiger partial charge in [0.15, 0.2) is 5.69 Å². The van der Waals surface area contributed by atoms with Crippen LogP contribution < -0.4 is 21.9 Å². The Kier molecular flexibility index (Phi) is 6.82. The molecule has 2 aromatic heterocycles. The summed E-state index contributed by atoms with van der Waals surface area (Å²) in [5.74, 6) is -0.186. The molecular formula is C19H30N6O3. The molecule has 28 heavy (non-hydrogen) atoms. The molecule has 0 unspecified atom stereocenters. The number of hydrogen-bond donors (Lipinski definition) is 2. The zero-order chi connectivity index (χ0) is 21.0. The maximum atomic E-state index is 12.9. The number of nitrogen functional groups attached to an aromatic ring is 1. The molecule has 0 radical (unpaired) electrons. The summed E-state index contributed by atoms with van der Waals surface area (Å²) in [5, 5.41) is 4.37. The minimum absolute atomic E-state index is 0.0335. The third-order valence-corrected chi connectivity index (χ3v) is 5.08. The van der Waals surface area contributed by atoms with E-state index in [1.807, 2.05) is 27.8 Å². The van der Waals surface area contributed by atoms with Crippen molar-refractivity contribution in [3.63, 3.8) is 0 Å². The van der Waals surface area contributed by atoms with Crippen molar-refractivity contribution in [2.75, 3.05) is 17.2 Å². The van der Waals surface area contributed by atoms with Crippen LogP contribution >= 0.6 is 0 Å². The predicted molar refractivity (Wildman–Crippen MR) is 110 cm³/mol. The van der Waals surface area contributed by atoms with Gasteiger partial charge in [0.05, 0.1) is 5.69 Å². The highest BCUT2D eigenvalue weighted by atomic mass is 16.2. The van der Waals surface area contributed by atoms with Gasteiger partial charge in [-0.1, -0.05) is 13.3 Å². The van der Waals surface area contributed by atoms with Crippen LogP contribution in [0.1, 0.15) is 50.1 Å². The minimum Gasteiger partial charge on any atom is -0.383 e. The van der Waals surface area contributed by atoms with E-state index in [0.717, 1.165) is 29.8 Å². The summed E-state index contributed by atoms with van der Waals surface area (Å²) >= 11 is 0. The number of hydrogen-bond acceptors (Lipinski definition) is 5. The van der Waals surface area contributed by atoms with E-state index >= 15 is 0 Å². The molecule has 0 aromatic carbocycles. The number of nitrogens with one attached hydrogen (secondary N) is 1. The number of aryl methyl sites for hydroxylation is 2. The number of H-pyrrole nitrogens is 1. The van der Waals surface area contributed by atoms with Crippen LogP contribution in [-0.4, -0.2) is 31.8 Å². The minimum atomic E-state index is -0.640. The van der Waals surface area contributed by atoms with Gasteiger partial charge >= 0.3 is 5.69 Å². The van der Waals surface area contributed by atoms with Crippen LogP contribution in [0.15, 0.2) is 9.59 Å². The molecule has 154 valence electrons. The van der Waals surface area contributed by atoms with Crippen molar-refractivity contribution in [1.82, 2.24) is 19.3 Å². The summed E-state index contributed by atoms with van der Waals surface area (Å²) in [4.78, 5) is 41.1. The molecule has 0 atom stereocenters. The van der Waals surface area contributed by atoms with Gasteiger partial charge in [-0.15, -0.1) is 0 Å². The number of nitrogens with zero attached hydrogens (tertiary/aromatic N) is 4. The van der Waals surface area contributed by atoms with Gasteiger partial charge in [0.25, 0.3) is 5.56 Å². The molecule has 0 aliphatic rings. The molecule has 3 N–H and O–H groups in total. The lowest BCUT2D eigenvalue weighted by atomic mass is 10.1. The van der Waals surface area contributed by atoms with Crippen molar-refractivity contribution >= 4 is 17.4 Å². The van der Waals surface area contributed by atoms with Crippen molar-refractivity contribution in [2.24, 2.45) is 7.05 Å². The zero-order valence-corrected chi connectivity index (χ0v) is 17.3. The highest BCUT2D eigenvalue weighted by Crippen LogP contribution is 2.20. The molecule has 2 aromatic rings. The van der Waals surface area contributed by atoms with E-state index in [1.54, 1.807) is 11.6 Å². The molecule has 0 spiro atoms. The van der Waals surface area contributed by atoms with E-state index in [0.29, 0.717) is 13.0 Å². The Morgan fingerprint density at radius 2 is 1.93 bits per heavy atom. The lowest BCUT2D eigenvalue weighted by molar-refractivity contribution is -0.118. The average molecular weight is 390 g/mol. The van der Waals surface area contributed by atoms with E-state index in [-0.39, 0.29) is 30.4 Å². The summed E-state index contributed by atoms with van der Waals surface area (Å²) in [6.45, 7) is 8.32. The van der Waals surface area contributed by atoms with E-state index in [4.69, 9.17) is 5.73 Å². The summed E-state index contributed by atoms with van der Waals surface area (Å²) < 4.78 is 3.12. The number of aromatic nitrogens is 4. The molecule has 1 amide bonds. The number of nitrogens with two attached hydrogens (primary N) is 1. The van der Waals surface area contributed by atoms with Gasteiger partial charge in [0, 0.05) is 32.3 Å². The highest BCUT2D eigenvalue weighted by molar-refractivity contribution is 5.95. The van der Waals surface area contributed by atoms with Crippen LogP contribution in [-0.2, 0) is 24.8 Å². The molecule has 0 saturated heterocycles. The van der Waals surface area contributed by atoms with Gasteiger partial charge in [-0.25, -0.2) is 4.79 Å². The number of anilines is 2. The fourth-order valence-electron chi connectivity index (χ4n) is 3.38. The zero-order valence-electron chi connectivity index (χ0n) is 17.3. The van der Waals surface area contributed by atoms with Gasteiger partial charge in [-0.2, -0.15) is 5.10 Å². The third kappa shape index (κ3) is 4.18. The number of unbranched alkanes of at least 4 members (excludes halogenated alkanes) is 1. The maximum Gasteiger partial charge on any atom is 0.330 e. The van der Waals surface area contributed by atoms with Crippen LogP contribution in [0.2, 0.25) is 0 Å². The van der Waals surface area contributed by atoms with Crippen LogP contribution in [0.3, 0.4) is 0 Å². The first kappa shape index (κ1) is 21.5. The van der Waals surface area contributed by atoms with E-state index in [2.05, 4.69) is 10.1 Å². The molecular weight excluding hydrogens is 360 g/mol. The molecule has 9 nitrogen and oxygen atoms in total. The highest BCUT2D eigenvalue weighted by Gasteiger charge is 2.23. The SMILES string of the molecule is CCCCn1c(N)c(N(CC)C(=O)CCc2c(C)nn(C)c2C)c(=O)[nH]c1=O. The second kappa shape index (κ2) is 8.90. The summed E-state index contributed by atoms with van der Waals surface area (Å²) in [5.41, 5.74) is 7.92. The number of rotatable bonds is 8. The Morgan fingerprint density at radius 3 is 2.46 bits per heavy atom. The second-order valence-corrected chi connectivity index (χ2v) is 6.91. The van der Waals surface area contributed by atoms with E-state index in [9.17, 15) is 14.4 Å². The standard InChI is InChI=1S/C19H30N6O3/c1-6-8-11-25-17(20)16(18(27)21-19(25)28)24(7-2)15(26)10-9-14-12(3)22-23(5)13(14)4/h6-11,20H2,1-5H3,(H,21,27,28). The largest absolute Gasteiger partial charge is 0.383 e. The molecule has 0 aliphatic carbocycles. The van der Waals surface area contributed by atoms with Gasteiger partial charge < -0.3 is 10.6 Å². The Bertz CT molecular complexity index is 969. The average Bonchev–Trinajstić information content (AvgIpc) is 2.88. The summed E-state index contributed by atoms with van der Waals surface area (Å²) in [6, 6.07) is 0. The van der Waals surface area contributed by atoms with Crippen LogP contribution in [0.4, 0.5) is 11.5 Å². The van der Waals surface area contributed by atoms with Gasteiger partial charge in [0.2, 0.25) is 5.91 Å². The maximum absolute atomic E-state index is 12.9. The number of carbonyl (C=O) groups excluding carboxylic acids is 1. The summed E-state index contributed by atoms with van der Waals surface area (Å²) in [7, 11) is 1.87. The van der Waals surface area contributed by atoms with E-state index in [1.165, 1.54) is 9.47 Å². The van der Waals surface area contributed by atoms with Crippen molar-refractivity contribution in [1.29, 1.82) is 0 Å². The van der Waals surface area contributed by atoms with Crippen molar-refractivity contribution < 1.29 is 4.79 Å². The molecule has 2 rings (SSSR count). The van der Waals surface area contributed by atoms with Crippen molar-refractivity contribution in [3.8, 4) is 0 Å². The van der Waals surface area contributed by atoms with E-state index < -0.39 is 11.2 Å². The fraction of sp³-hybridized carbons (Fsp3) is 0.579. The molecule has 0 saturated carbocycles. The molecule has 0 fully saturated rings. The fourth-order valence-corrected chi connectivity index (χ4v) is 3.38. The Morgan fingerprint density at radius 1 is 1.25 bits per heavy atom. The van der Waals surface area contributed by atoms with Crippen molar-refractivity contribution in [2.45, 2.75) is 59.9 Å². The summed E-state index contributed by atoms with van der Waals surface area (Å²) in [6.07, 6.45) is 2.36. The van der Waals surface area contributed by atoms with Crippen LogP contribution in [0, 0.1) is 13.8 Å². The second-order valence-electron chi connectivity index (χ2n) is 6.91. The van der Waals surface area contributed by atoms with Gasteiger partial charge in [-0.3, -0.25) is 23.8 Å². The first-order valence-electron chi connectivity index (χ1n) is 9.64. The monoisotopic (exact) mass is 390 g/mol. The number of carbonyl (C=O) groups is 1. The van der Waals surface area contributed by atoms with Gasteiger partial charge in [-0.05, 0) is 39.2 Å². The molecule has 9 heteroatoms. The number of aromatic amines is 1. The first-order valence-corrected chi connectivity index (χ1v) is 9.64. The Balaban J connectivity index is 2.32. The predicted octanol–water partition coefficient (Wildman–Crippen LogP) is 1.25. The smallest absolute Gasteiger partial charge is 0.330 e. The third-order valence-electron chi connectivity index (χ3n) is 5.08. The van der Waals surface area contributed by atoms with Crippen LogP contribution in [0.5, 0.6) is 0 Å². The topological polar surface area (TPSA) is 119 Å². The lowest BCUT2D eigenvalue weighted by Gasteiger charge is -2.23. The molecule has 2 heterocycles. The lowest BCUT2D eigenvalue weighted by Crippen LogP contribution is -2.41. The van der Waals surface area contributed by atoms with Crippen molar-refractivity contribution in [3.05, 3.63) is 37.8 Å².